The monoisotopic (exact) mass is 216 g/mol. The lowest BCUT2D eigenvalue weighted by atomic mass is 10.3. The van der Waals surface area contributed by atoms with Crippen LogP contribution in [0.25, 0.3) is 0 Å². The first kappa shape index (κ1) is 13.2. The van der Waals surface area contributed by atoms with Crippen molar-refractivity contribution in [2.45, 2.75) is 26.1 Å². The summed E-state index contributed by atoms with van der Waals surface area (Å²) in [5.41, 5.74) is 0. The summed E-state index contributed by atoms with van der Waals surface area (Å²) in [5, 5.41) is 7.60. The molecule has 2 atom stereocenters. The van der Waals surface area contributed by atoms with Gasteiger partial charge in [0.25, 0.3) is 0 Å². The van der Waals surface area contributed by atoms with Crippen LogP contribution in [0.1, 0.15) is 13.8 Å². The second-order valence-electron chi connectivity index (χ2n) is 2.70. The maximum atomic E-state index is 10.7. The number of hydrogen-bond donors (Lipinski definition) is 1. The largest absolute Gasteiger partial charge is 0.478 e. The average molecular weight is 216 g/mol. The van der Waals surface area contributed by atoms with E-state index in [1.807, 2.05) is 0 Å². The highest BCUT2D eigenvalue weighted by atomic mass is 16.6. The molecular weight excluding hydrogens is 204 g/mol. The van der Waals surface area contributed by atoms with Crippen molar-refractivity contribution in [1.29, 1.82) is 0 Å². The molecule has 1 aliphatic heterocycles. The maximum Gasteiger partial charge on any atom is 0.347 e. The van der Waals surface area contributed by atoms with Crippen LogP contribution in [0.3, 0.4) is 0 Å². The molecular formula is C9H12O6. The molecule has 0 spiro atoms. The number of aliphatic carboxylic acids is 1. The third-order valence-corrected chi connectivity index (χ3v) is 1.42. The molecule has 6 heteroatoms. The Morgan fingerprint density at radius 3 is 1.73 bits per heavy atom. The molecule has 1 heterocycles. The summed E-state index contributed by atoms with van der Waals surface area (Å²) in [7, 11) is 0. The van der Waals surface area contributed by atoms with Gasteiger partial charge in [0, 0.05) is 6.08 Å². The highest BCUT2D eigenvalue weighted by Crippen LogP contribution is 2.08. The van der Waals surface area contributed by atoms with Gasteiger partial charge in [-0.15, -0.1) is 0 Å². The van der Waals surface area contributed by atoms with Gasteiger partial charge in [0.1, 0.15) is 0 Å². The molecule has 0 aromatic heterocycles. The molecule has 0 saturated carbocycles. The highest BCUT2D eigenvalue weighted by Gasteiger charge is 2.32. The van der Waals surface area contributed by atoms with Crippen molar-refractivity contribution in [3.63, 3.8) is 0 Å². The number of ether oxygens (including phenoxy) is 2. The van der Waals surface area contributed by atoms with Gasteiger partial charge in [0.15, 0.2) is 12.2 Å². The summed E-state index contributed by atoms with van der Waals surface area (Å²) < 4.78 is 9.19. The van der Waals surface area contributed by atoms with Gasteiger partial charge < -0.3 is 14.6 Å². The highest BCUT2D eigenvalue weighted by molar-refractivity contribution is 5.86. The van der Waals surface area contributed by atoms with Crippen molar-refractivity contribution in [3.05, 3.63) is 12.7 Å². The summed E-state index contributed by atoms with van der Waals surface area (Å²) in [6.45, 7) is 5.92. The molecule has 0 amide bonds. The first-order valence-electron chi connectivity index (χ1n) is 4.14. The van der Waals surface area contributed by atoms with E-state index in [0.29, 0.717) is 0 Å². The van der Waals surface area contributed by atoms with Crippen molar-refractivity contribution in [3.8, 4) is 0 Å². The van der Waals surface area contributed by atoms with Crippen molar-refractivity contribution in [2.24, 2.45) is 0 Å². The fourth-order valence-corrected chi connectivity index (χ4v) is 0.636. The molecule has 0 aliphatic carbocycles. The summed E-state index contributed by atoms with van der Waals surface area (Å²) in [4.78, 5) is 30.6. The van der Waals surface area contributed by atoms with E-state index in [1.165, 1.54) is 13.8 Å². The Morgan fingerprint density at radius 1 is 1.27 bits per heavy atom. The van der Waals surface area contributed by atoms with Gasteiger partial charge in [-0.25, -0.2) is 14.4 Å². The van der Waals surface area contributed by atoms with Gasteiger partial charge >= 0.3 is 17.9 Å². The molecule has 0 radical (unpaired) electrons. The van der Waals surface area contributed by atoms with Crippen LogP contribution in [0.2, 0.25) is 0 Å². The molecule has 0 aromatic rings. The fraction of sp³-hybridized carbons (Fsp3) is 0.444. The van der Waals surface area contributed by atoms with E-state index in [-0.39, 0.29) is 0 Å². The molecule has 0 aromatic carbocycles. The van der Waals surface area contributed by atoms with Crippen LogP contribution >= 0.6 is 0 Å². The molecule has 1 saturated heterocycles. The SMILES string of the molecule is C=CC(=O)O.CC1OC(=O)C(C)OC1=O. The number of carboxylic acids is 1. The van der Waals surface area contributed by atoms with Crippen LogP contribution in [-0.4, -0.2) is 35.2 Å². The third-order valence-electron chi connectivity index (χ3n) is 1.42. The van der Waals surface area contributed by atoms with Gasteiger partial charge in [-0.1, -0.05) is 6.58 Å². The lowest BCUT2D eigenvalue weighted by molar-refractivity contribution is -0.191. The number of esters is 2. The number of carboxylic acid groups (broad SMARTS) is 1. The number of carbonyl (C=O) groups excluding carboxylic acids is 2. The lowest BCUT2D eigenvalue weighted by Gasteiger charge is -2.22. The first-order valence-corrected chi connectivity index (χ1v) is 4.14. The van der Waals surface area contributed by atoms with E-state index < -0.39 is 30.1 Å². The molecule has 1 fully saturated rings. The van der Waals surface area contributed by atoms with E-state index in [0.717, 1.165) is 6.08 Å². The Bertz CT molecular complexity index is 262. The fourth-order valence-electron chi connectivity index (χ4n) is 0.636. The Balaban J connectivity index is 0.000000336. The van der Waals surface area contributed by atoms with Gasteiger partial charge in [0.05, 0.1) is 0 Å². The van der Waals surface area contributed by atoms with Crippen LogP contribution in [0.4, 0.5) is 0 Å². The zero-order valence-electron chi connectivity index (χ0n) is 8.43. The van der Waals surface area contributed by atoms with Gasteiger partial charge in [0.2, 0.25) is 0 Å². The Kier molecular flexibility index (Phi) is 5.08. The molecule has 1 N–H and O–H groups in total. The van der Waals surface area contributed by atoms with Crippen molar-refractivity contribution < 1.29 is 29.0 Å². The average Bonchev–Trinajstić information content (AvgIpc) is 2.16. The number of hydrogen-bond acceptors (Lipinski definition) is 5. The normalized spacial score (nSPS) is 24.1. The van der Waals surface area contributed by atoms with Gasteiger partial charge in [-0.05, 0) is 13.8 Å². The second-order valence-corrected chi connectivity index (χ2v) is 2.70. The van der Waals surface area contributed by atoms with Crippen molar-refractivity contribution in [1.82, 2.24) is 0 Å². The molecule has 0 bridgehead atoms. The number of cyclic esters (lactones) is 2. The maximum absolute atomic E-state index is 10.7. The summed E-state index contributed by atoms with van der Waals surface area (Å²) in [5.74, 6) is -1.94. The summed E-state index contributed by atoms with van der Waals surface area (Å²) in [6.07, 6.45) is -0.660. The standard InChI is InChI=1S/C6H8O4.C3H4O2/c1-3-5(7)10-4(2)6(8)9-3;1-2-3(4)5/h3-4H,1-2H3;2H,1H2,(H,4,5). The van der Waals surface area contributed by atoms with Crippen molar-refractivity contribution in [2.75, 3.05) is 0 Å². The van der Waals surface area contributed by atoms with Gasteiger partial charge in [-0.2, -0.15) is 0 Å². The third kappa shape index (κ3) is 4.80. The predicted octanol–water partition coefficient (Wildman–Crippen LogP) is 0.120. The van der Waals surface area contributed by atoms with Crippen LogP contribution in [0, 0.1) is 0 Å². The van der Waals surface area contributed by atoms with Crippen LogP contribution in [0.5, 0.6) is 0 Å². The van der Waals surface area contributed by atoms with E-state index in [9.17, 15) is 14.4 Å². The molecule has 1 aliphatic rings. The smallest absolute Gasteiger partial charge is 0.347 e. The Morgan fingerprint density at radius 2 is 1.53 bits per heavy atom. The molecule has 6 nitrogen and oxygen atoms in total. The minimum atomic E-state index is -0.981. The molecule has 15 heavy (non-hydrogen) atoms. The number of rotatable bonds is 1. The molecule has 2 unspecified atom stereocenters. The lowest BCUT2D eigenvalue weighted by Crippen LogP contribution is -2.40. The topological polar surface area (TPSA) is 89.9 Å². The van der Waals surface area contributed by atoms with Gasteiger partial charge in [-0.3, -0.25) is 0 Å². The minimum absolute atomic E-state index is 0.480. The van der Waals surface area contributed by atoms with Crippen LogP contribution < -0.4 is 0 Å². The first-order chi connectivity index (χ1) is 6.88. The van der Waals surface area contributed by atoms with Crippen molar-refractivity contribution >= 4 is 17.9 Å². The zero-order valence-corrected chi connectivity index (χ0v) is 8.43. The van der Waals surface area contributed by atoms with Crippen LogP contribution in [-0.2, 0) is 23.9 Å². The number of carbonyl (C=O) groups is 3. The zero-order chi connectivity index (χ0) is 12.0. The predicted molar refractivity (Wildman–Crippen MR) is 48.9 cm³/mol. The quantitative estimate of drug-likeness (QED) is 0.494. The Hall–Kier alpha value is -1.85. The van der Waals surface area contributed by atoms with Crippen LogP contribution in [0.15, 0.2) is 12.7 Å². The van der Waals surface area contributed by atoms with E-state index in [2.05, 4.69) is 16.1 Å². The Labute approximate surface area is 86.5 Å². The summed E-state index contributed by atoms with van der Waals surface area (Å²) in [6, 6.07) is 0. The van der Waals surface area contributed by atoms with E-state index >= 15 is 0 Å². The second kappa shape index (κ2) is 5.79. The minimum Gasteiger partial charge on any atom is -0.478 e. The van der Waals surface area contributed by atoms with E-state index in [4.69, 9.17) is 5.11 Å². The van der Waals surface area contributed by atoms with E-state index in [1.54, 1.807) is 0 Å². The summed E-state index contributed by atoms with van der Waals surface area (Å²) >= 11 is 0. The molecule has 1 rings (SSSR count). The molecule has 84 valence electrons.